The summed E-state index contributed by atoms with van der Waals surface area (Å²) in [6.45, 7) is 3.94. The third-order valence-electron chi connectivity index (χ3n) is 3.26. The van der Waals surface area contributed by atoms with Crippen molar-refractivity contribution in [3.63, 3.8) is 0 Å². The Labute approximate surface area is 122 Å². The number of benzene rings is 1. The summed E-state index contributed by atoms with van der Waals surface area (Å²) in [6, 6.07) is 11.4. The average Bonchev–Trinajstić information content (AvgIpc) is 2.49. The van der Waals surface area contributed by atoms with Gasteiger partial charge in [0.05, 0.1) is 16.8 Å². The summed E-state index contributed by atoms with van der Waals surface area (Å²) in [5.41, 5.74) is 4.18. The highest BCUT2D eigenvalue weighted by molar-refractivity contribution is 6.08. The highest BCUT2D eigenvalue weighted by Gasteiger charge is 2.10. The lowest BCUT2D eigenvalue weighted by atomic mass is 10.1. The highest BCUT2D eigenvalue weighted by Crippen LogP contribution is 2.24. The number of aromatic nitrogens is 2. The molecule has 1 N–H and O–H groups in total. The average molecular weight is 277 g/mol. The second-order valence-corrected chi connectivity index (χ2v) is 5.03. The molecule has 0 radical (unpaired) electrons. The number of aryl methyl sites for hydroxylation is 2. The minimum Gasteiger partial charge on any atom is -0.321 e. The molecule has 21 heavy (non-hydrogen) atoms. The number of rotatable bonds is 2. The summed E-state index contributed by atoms with van der Waals surface area (Å²) in [5.74, 6) is -0.170. The first kappa shape index (κ1) is 13.2. The van der Waals surface area contributed by atoms with Crippen LogP contribution in [0.25, 0.3) is 10.9 Å². The van der Waals surface area contributed by atoms with Gasteiger partial charge in [-0.15, -0.1) is 0 Å². The van der Waals surface area contributed by atoms with Gasteiger partial charge in [-0.3, -0.25) is 14.8 Å². The van der Waals surface area contributed by atoms with E-state index >= 15 is 0 Å². The molecule has 0 saturated carbocycles. The molecule has 0 spiro atoms. The maximum absolute atomic E-state index is 12.3. The van der Waals surface area contributed by atoms with Crippen molar-refractivity contribution in [1.29, 1.82) is 0 Å². The fraction of sp³-hybridized carbons (Fsp3) is 0.118. The van der Waals surface area contributed by atoms with E-state index in [0.29, 0.717) is 5.56 Å². The SMILES string of the molecule is Cc1ccc2nc(C)cc(NC(=O)c3cccnc3)c2c1. The molecule has 2 heterocycles. The van der Waals surface area contributed by atoms with Gasteiger partial charge in [0.15, 0.2) is 0 Å². The molecule has 4 nitrogen and oxygen atoms in total. The number of carbonyl (C=O) groups excluding carboxylic acids is 1. The van der Waals surface area contributed by atoms with Gasteiger partial charge < -0.3 is 5.32 Å². The molecule has 0 unspecified atom stereocenters. The molecule has 0 aliphatic heterocycles. The van der Waals surface area contributed by atoms with Crippen LogP contribution in [0.1, 0.15) is 21.6 Å². The lowest BCUT2D eigenvalue weighted by Gasteiger charge is -2.10. The minimum atomic E-state index is -0.170. The highest BCUT2D eigenvalue weighted by atomic mass is 16.1. The monoisotopic (exact) mass is 277 g/mol. The van der Waals surface area contributed by atoms with Gasteiger partial charge in [0.2, 0.25) is 0 Å². The van der Waals surface area contributed by atoms with Crippen molar-refractivity contribution in [2.45, 2.75) is 13.8 Å². The summed E-state index contributed by atoms with van der Waals surface area (Å²) in [5, 5.41) is 3.89. The minimum absolute atomic E-state index is 0.170. The number of hydrogen-bond donors (Lipinski definition) is 1. The number of anilines is 1. The van der Waals surface area contributed by atoms with Crippen molar-refractivity contribution in [2.24, 2.45) is 0 Å². The zero-order chi connectivity index (χ0) is 14.8. The van der Waals surface area contributed by atoms with E-state index in [9.17, 15) is 4.79 Å². The van der Waals surface area contributed by atoms with E-state index < -0.39 is 0 Å². The van der Waals surface area contributed by atoms with E-state index in [4.69, 9.17) is 0 Å². The first-order valence-electron chi connectivity index (χ1n) is 6.73. The molecular weight excluding hydrogens is 262 g/mol. The molecule has 1 aromatic carbocycles. The molecule has 0 saturated heterocycles. The van der Waals surface area contributed by atoms with Crippen LogP contribution in [0.2, 0.25) is 0 Å². The Morgan fingerprint density at radius 3 is 2.76 bits per heavy atom. The maximum Gasteiger partial charge on any atom is 0.257 e. The van der Waals surface area contributed by atoms with Crippen molar-refractivity contribution in [3.8, 4) is 0 Å². The predicted molar refractivity (Wildman–Crippen MR) is 83.4 cm³/mol. The van der Waals surface area contributed by atoms with Gasteiger partial charge in [0, 0.05) is 23.5 Å². The summed E-state index contributed by atoms with van der Waals surface area (Å²) in [4.78, 5) is 20.7. The van der Waals surface area contributed by atoms with Gasteiger partial charge in [-0.1, -0.05) is 11.6 Å². The van der Waals surface area contributed by atoms with Gasteiger partial charge in [-0.25, -0.2) is 0 Å². The zero-order valence-corrected chi connectivity index (χ0v) is 11.9. The van der Waals surface area contributed by atoms with Gasteiger partial charge in [-0.2, -0.15) is 0 Å². The number of fused-ring (bicyclic) bond motifs is 1. The summed E-state index contributed by atoms with van der Waals surface area (Å²) in [7, 11) is 0. The van der Waals surface area contributed by atoms with Crippen LogP contribution in [0.15, 0.2) is 48.8 Å². The van der Waals surface area contributed by atoms with E-state index in [-0.39, 0.29) is 5.91 Å². The van der Waals surface area contributed by atoms with Crippen LogP contribution in [-0.4, -0.2) is 15.9 Å². The van der Waals surface area contributed by atoms with Crippen LogP contribution >= 0.6 is 0 Å². The van der Waals surface area contributed by atoms with E-state index in [1.54, 1.807) is 24.5 Å². The smallest absolute Gasteiger partial charge is 0.257 e. The molecule has 104 valence electrons. The third kappa shape index (κ3) is 2.74. The van der Waals surface area contributed by atoms with Crippen LogP contribution in [0.5, 0.6) is 0 Å². The number of amides is 1. The van der Waals surface area contributed by atoms with Crippen molar-refractivity contribution < 1.29 is 4.79 Å². The van der Waals surface area contributed by atoms with Gasteiger partial charge in [0.1, 0.15) is 0 Å². The second kappa shape index (κ2) is 5.32. The summed E-state index contributed by atoms with van der Waals surface area (Å²) < 4.78 is 0. The van der Waals surface area contributed by atoms with Crippen molar-refractivity contribution in [2.75, 3.05) is 5.32 Å². The zero-order valence-electron chi connectivity index (χ0n) is 11.9. The first-order valence-corrected chi connectivity index (χ1v) is 6.73. The van der Waals surface area contributed by atoms with Crippen molar-refractivity contribution >= 4 is 22.5 Å². The standard InChI is InChI=1S/C17H15N3O/c1-11-5-6-15-14(8-11)16(9-12(2)19-15)20-17(21)13-4-3-7-18-10-13/h3-10H,1-2H3,(H,19,20,21). The predicted octanol–water partition coefficient (Wildman–Crippen LogP) is 3.50. The molecular formula is C17H15N3O. The molecule has 0 aliphatic carbocycles. The number of pyridine rings is 2. The normalized spacial score (nSPS) is 10.6. The molecule has 0 atom stereocenters. The van der Waals surface area contributed by atoms with Crippen LogP contribution in [0, 0.1) is 13.8 Å². The Hall–Kier alpha value is -2.75. The lowest BCUT2D eigenvalue weighted by molar-refractivity contribution is 0.102. The van der Waals surface area contributed by atoms with Crippen molar-refractivity contribution in [3.05, 3.63) is 65.6 Å². The van der Waals surface area contributed by atoms with E-state index in [1.165, 1.54) is 0 Å². The molecule has 3 aromatic rings. The number of nitrogens with zero attached hydrogens (tertiary/aromatic N) is 2. The topological polar surface area (TPSA) is 54.9 Å². The molecule has 0 fully saturated rings. The fourth-order valence-corrected chi connectivity index (χ4v) is 2.27. The lowest BCUT2D eigenvalue weighted by Crippen LogP contribution is -2.12. The second-order valence-electron chi connectivity index (χ2n) is 5.03. The molecule has 2 aromatic heterocycles. The molecule has 1 amide bonds. The van der Waals surface area contributed by atoms with Gasteiger partial charge in [0.25, 0.3) is 5.91 Å². The quantitative estimate of drug-likeness (QED) is 0.780. The Balaban J connectivity index is 2.04. The Morgan fingerprint density at radius 2 is 2.00 bits per heavy atom. The largest absolute Gasteiger partial charge is 0.321 e. The van der Waals surface area contributed by atoms with Crippen LogP contribution in [-0.2, 0) is 0 Å². The Kier molecular flexibility index (Phi) is 3.36. The van der Waals surface area contributed by atoms with Crippen LogP contribution in [0.3, 0.4) is 0 Å². The number of nitrogens with one attached hydrogen (secondary N) is 1. The summed E-state index contributed by atoms with van der Waals surface area (Å²) >= 11 is 0. The molecule has 4 heteroatoms. The third-order valence-corrected chi connectivity index (χ3v) is 3.26. The maximum atomic E-state index is 12.3. The number of carbonyl (C=O) groups is 1. The van der Waals surface area contributed by atoms with Crippen LogP contribution in [0.4, 0.5) is 5.69 Å². The van der Waals surface area contributed by atoms with E-state index in [1.807, 2.05) is 38.1 Å². The van der Waals surface area contributed by atoms with E-state index in [0.717, 1.165) is 27.8 Å². The van der Waals surface area contributed by atoms with Gasteiger partial charge in [-0.05, 0) is 44.2 Å². The Morgan fingerprint density at radius 1 is 1.14 bits per heavy atom. The first-order chi connectivity index (χ1) is 10.1. The molecule has 0 bridgehead atoms. The number of hydrogen-bond acceptors (Lipinski definition) is 3. The van der Waals surface area contributed by atoms with E-state index in [2.05, 4.69) is 15.3 Å². The van der Waals surface area contributed by atoms with Crippen molar-refractivity contribution in [1.82, 2.24) is 9.97 Å². The fourth-order valence-electron chi connectivity index (χ4n) is 2.27. The Bertz CT molecular complexity index is 813. The summed E-state index contributed by atoms with van der Waals surface area (Å²) in [6.07, 6.45) is 3.20. The molecule has 3 rings (SSSR count). The van der Waals surface area contributed by atoms with Crippen LogP contribution < -0.4 is 5.32 Å². The van der Waals surface area contributed by atoms with Gasteiger partial charge >= 0.3 is 0 Å². The molecule has 0 aliphatic rings.